The fraction of sp³-hybridized carbons (Fsp3) is 0.600. The van der Waals surface area contributed by atoms with Crippen molar-refractivity contribution in [2.75, 3.05) is 13.7 Å². The van der Waals surface area contributed by atoms with Gasteiger partial charge in [0.1, 0.15) is 0 Å². The van der Waals surface area contributed by atoms with Gasteiger partial charge in [-0.2, -0.15) is 0 Å². The third-order valence-electron chi connectivity index (χ3n) is 6.86. The highest BCUT2D eigenvalue weighted by molar-refractivity contribution is 5.83. The number of H-pyrrole nitrogens is 1. The van der Waals surface area contributed by atoms with E-state index in [0.717, 1.165) is 53.5 Å². The van der Waals surface area contributed by atoms with Gasteiger partial charge in [-0.05, 0) is 66.8 Å². The van der Waals surface area contributed by atoms with Gasteiger partial charge >= 0.3 is 0 Å². The maximum absolute atomic E-state index is 13.1. The zero-order chi connectivity index (χ0) is 23.4. The lowest BCUT2D eigenvalue weighted by molar-refractivity contribution is 0.105. The van der Waals surface area contributed by atoms with E-state index in [0.29, 0.717) is 25.7 Å². The van der Waals surface area contributed by atoms with Crippen LogP contribution in [-0.2, 0) is 17.8 Å². The van der Waals surface area contributed by atoms with E-state index in [1.54, 1.807) is 7.11 Å². The fourth-order valence-corrected chi connectivity index (χ4v) is 5.26. The summed E-state index contributed by atoms with van der Waals surface area (Å²) in [6.07, 6.45) is 6.68. The molecule has 8 nitrogen and oxygen atoms in total. The SMILES string of the molecule is CCCC(c1nnnn1CCOC)N(Cc1cc2c(C)cc(C)cc2[nH]c1=O)C1CCCC1. The van der Waals surface area contributed by atoms with E-state index in [4.69, 9.17) is 4.74 Å². The molecule has 8 heteroatoms. The minimum absolute atomic E-state index is 0.00952. The van der Waals surface area contributed by atoms with Gasteiger partial charge in [-0.1, -0.05) is 32.3 Å². The Morgan fingerprint density at radius 2 is 2.03 bits per heavy atom. The maximum atomic E-state index is 13.1. The topological polar surface area (TPSA) is 88.9 Å². The summed E-state index contributed by atoms with van der Waals surface area (Å²) in [5, 5.41) is 13.8. The molecular weight excluding hydrogens is 416 g/mol. The van der Waals surface area contributed by atoms with Gasteiger partial charge in [0.05, 0.1) is 19.2 Å². The number of aromatic amines is 1. The zero-order valence-corrected chi connectivity index (χ0v) is 20.3. The number of aryl methyl sites for hydroxylation is 2. The molecule has 4 rings (SSSR count). The molecule has 1 N–H and O–H groups in total. The number of methoxy groups -OCH3 is 1. The Labute approximate surface area is 195 Å². The fourth-order valence-electron chi connectivity index (χ4n) is 5.26. The van der Waals surface area contributed by atoms with Crippen LogP contribution in [0.15, 0.2) is 23.0 Å². The molecule has 178 valence electrons. The van der Waals surface area contributed by atoms with E-state index in [9.17, 15) is 4.79 Å². The van der Waals surface area contributed by atoms with Crippen LogP contribution in [0.4, 0.5) is 0 Å². The Balaban J connectivity index is 1.74. The highest BCUT2D eigenvalue weighted by Crippen LogP contribution is 2.34. The van der Waals surface area contributed by atoms with Gasteiger partial charge in [0.25, 0.3) is 5.56 Å². The van der Waals surface area contributed by atoms with Crippen molar-refractivity contribution in [1.82, 2.24) is 30.1 Å². The minimum Gasteiger partial charge on any atom is -0.383 e. The number of nitrogens with one attached hydrogen (secondary N) is 1. The van der Waals surface area contributed by atoms with Gasteiger partial charge in [0.15, 0.2) is 5.82 Å². The summed E-state index contributed by atoms with van der Waals surface area (Å²) in [7, 11) is 1.69. The van der Waals surface area contributed by atoms with Crippen molar-refractivity contribution in [1.29, 1.82) is 0 Å². The third kappa shape index (κ3) is 5.17. The predicted molar refractivity (Wildman–Crippen MR) is 129 cm³/mol. The summed E-state index contributed by atoms with van der Waals surface area (Å²) in [6, 6.07) is 6.78. The van der Waals surface area contributed by atoms with Crippen LogP contribution in [-0.4, -0.2) is 49.8 Å². The van der Waals surface area contributed by atoms with Crippen molar-refractivity contribution in [3.8, 4) is 0 Å². The number of nitrogens with zero attached hydrogens (tertiary/aromatic N) is 5. The molecule has 0 amide bonds. The molecule has 1 saturated carbocycles. The molecule has 1 unspecified atom stereocenters. The van der Waals surface area contributed by atoms with Crippen LogP contribution in [0.1, 0.15) is 74.0 Å². The lowest BCUT2D eigenvalue weighted by atomic mass is 10.0. The Bertz CT molecular complexity index is 1130. The largest absolute Gasteiger partial charge is 0.383 e. The molecule has 0 spiro atoms. The summed E-state index contributed by atoms with van der Waals surface area (Å²) >= 11 is 0. The van der Waals surface area contributed by atoms with Crippen LogP contribution in [0.3, 0.4) is 0 Å². The van der Waals surface area contributed by atoms with Crippen LogP contribution in [0.2, 0.25) is 0 Å². The Kier molecular flexibility index (Phi) is 7.55. The number of hydrogen-bond donors (Lipinski definition) is 1. The second-order valence-corrected chi connectivity index (χ2v) is 9.33. The third-order valence-corrected chi connectivity index (χ3v) is 6.86. The minimum atomic E-state index is -0.00952. The van der Waals surface area contributed by atoms with Gasteiger partial charge in [-0.15, -0.1) is 5.10 Å². The van der Waals surface area contributed by atoms with Crippen LogP contribution in [0, 0.1) is 13.8 Å². The highest BCUT2D eigenvalue weighted by Gasteiger charge is 2.33. The number of benzene rings is 1. The highest BCUT2D eigenvalue weighted by atomic mass is 16.5. The molecule has 2 aromatic heterocycles. The van der Waals surface area contributed by atoms with E-state index < -0.39 is 0 Å². The standard InChI is InChI=1S/C25H36N6O2/c1-5-8-23(24-27-28-29-31(24)11-12-33-4)30(20-9-6-7-10-20)16-19-15-21-18(3)13-17(2)14-22(21)26-25(19)32/h13-15,20,23H,5-12,16H2,1-4H3,(H,26,32). The van der Waals surface area contributed by atoms with Crippen LogP contribution < -0.4 is 5.56 Å². The van der Waals surface area contributed by atoms with Gasteiger partial charge < -0.3 is 9.72 Å². The molecule has 0 aliphatic heterocycles. The van der Waals surface area contributed by atoms with Gasteiger partial charge in [0, 0.05) is 36.2 Å². The molecule has 0 saturated heterocycles. The second-order valence-electron chi connectivity index (χ2n) is 9.33. The number of fused-ring (bicyclic) bond motifs is 1. The van der Waals surface area contributed by atoms with E-state index in [1.807, 2.05) is 10.7 Å². The molecule has 33 heavy (non-hydrogen) atoms. The Morgan fingerprint density at radius 3 is 2.76 bits per heavy atom. The van der Waals surface area contributed by atoms with Gasteiger partial charge in [-0.25, -0.2) is 4.68 Å². The molecule has 1 aliphatic carbocycles. The number of ether oxygens (including phenoxy) is 1. The molecular formula is C25H36N6O2. The average Bonchev–Trinajstić information content (AvgIpc) is 3.47. The number of pyridine rings is 1. The molecule has 2 heterocycles. The second kappa shape index (κ2) is 10.6. The number of tetrazole rings is 1. The summed E-state index contributed by atoms with van der Waals surface area (Å²) < 4.78 is 7.13. The first-order valence-electron chi connectivity index (χ1n) is 12.2. The summed E-state index contributed by atoms with van der Waals surface area (Å²) in [4.78, 5) is 18.8. The number of hydrogen-bond acceptors (Lipinski definition) is 6. The zero-order valence-electron chi connectivity index (χ0n) is 20.3. The Hall–Kier alpha value is -2.58. The van der Waals surface area contributed by atoms with Crippen molar-refractivity contribution < 1.29 is 4.74 Å². The van der Waals surface area contributed by atoms with E-state index in [1.165, 1.54) is 18.4 Å². The normalized spacial score (nSPS) is 15.7. The lowest BCUT2D eigenvalue weighted by Gasteiger charge is -2.35. The predicted octanol–water partition coefficient (Wildman–Crippen LogP) is 4.06. The summed E-state index contributed by atoms with van der Waals surface area (Å²) in [5.41, 5.74) is 4.04. The van der Waals surface area contributed by atoms with Crippen molar-refractivity contribution in [3.63, 3.8) is 0 Å². The van der Waals surface area contributed by atoms with Crippen LogP contribution in [0.25, 0.3) is 10.9 Å². The first-order chi connectivity index (χ1) is 16.0. The average molecular weight is 453 g/mol. The smallest absolute Gasteiger partial charge is 0.252 e. The molecule has 1 fully saturated rings. The lowest BCUT2D eigenvalue weighted by Crippen LogP contribution is -2.39. The molecule has 1 aromatic carbocycles. The molecule has 1 atom stereocenters. The van der Waals surface area contributed by atoms with E-state index in [2.05, 4.69) is 58.3 Å². The molecule has 1 aliphatic rings. The molecule has 0 bridgehead atoms. The van der Waals surface area contributed by atoms with Gasteiger partial charge in [0.2, 0.25) is 0 Å². The van der Waals surface area contributed by atoms with Gasteiger partial charge in [-0.3, -0.25) is 9.69 Å². The maximum Gasteiger partial charge on any atom is 0.252 e. The van der Waals surface area contributed by atoms with Crippen molar-refractivity contribution >= 4 is 10.9 Å². The number of rotatable bonds is 10. The van der Waals surface area contributed by atoms with Crippen molar-refractivity contribution in [2.24, 2.45) is 0 Å². The Morgan fingerprint density at radius 1 is 1.24 bits per heavy atom. The van der Waals surface area contributed by atoms with E-state index >= 15 is 0 Å². The van der Waals surface area contributed by atoms with Crippen LogP contribution in [0.5, 0.6) is 0 Å². The monoisotopic (exact) mass is 452 g/mol. The summed E-state index contributed by atoms with van der Waals surface area (Å²) in [6.45, 7) is 8.12. The van der Waals surface area contributed by atoms with Crippen molar-refractivity contribution in [3.05, 3.63) is 51.1 Å². The molecule has 0 radical (unpaired) electrons. The number of aromatic nitrogens is 5. The quantitative estimate of drug-likeness (QED) is 0.499. The first-order valence-corrected chi connectivity index (χ1v) is 12.2. The van der Waals surface area contributed by atoms with Crippen LogP contribution >= 0.6 is 0 Å². The van der Waals surface area contributed by atoms with Crippen molar-refractivity contribution in [2.45, 2.75) is 84.5 Å². The van der Waals surface area contributed by atoms with E-state index in [-0.39, 0.29) is 11.6 Å². The first kappa shape index (κ1) is 23.6. The summed E-state index contributed by atoms with van der Waals surface area (Å²) in [5.74, 6) is 0.866. The molecule has 3 aromatic rings.